The Kier molecular flexibility index (Phi) is 3.89. The third kappa shape index (κ3) is 2.64. The van der Waals surface area contributed by atoms with Crippen LogP contribution in [0.4, 0.5) is 9.93 Å². The van der Waals surface area contributed by atoms with Gasteiger partial charge < -0.3 is 4.90 Å². The van der Waals surface area contributed by atoms with Crippen LogP contribution in [0.2, 0.25) is 0 Å². The van der Waals surface area contributed by atoms with E-state index in [-0.39, 0.29) is 12.1 Å². The zero-order chi connectivity index (χ0) is 14.1. The van der Waals surface area contributed by atoms with Gasteiger partial charge in [-0.1, -0.05) is 18.3 Å². The van der Waals surface area contributed by atoms with E-state index < -0.39 is 0 Å². The lowest BCUT2D eigenvalue weighted by molar-refractivity contribution is 0.0861. The molecule has 0 spiro atoms. The van der Waals surface area contributed by atoms with Crippen LogP contribution in [0.5, 0.6) is 0 Å². The Bertz CT molecular complexity index is 491. The molecule has 0 saturated carbocycles. The van der Waals surface area contributed by atoms with E-state index in [1.165, 1.54) is 30.7 Å². The van der Waals surface area contributed by atoms with Gasteiger partial charge in [0.2, 0.25) is 5.13 Å². The van der Waals surface area contributed by atoms with Gasteiger partial charge in [0.25, 0.3) is 0 Å². The zero-order valence-corrected chi connectivity index (χ0v) is 12.8. The standard InChI is InChI=1S/C13H21N5OS/c1-3-11-15-16-12(20-11)14-13(19)18-8-10-5-4-6-17(10)7-9(18)2/h9-10H,3-8H2,1-2H3,(H,14,16,19)/t9-,10+/m1/s1. The molecule has 0 bridgehead atoms. The molecule has 2 fully saturated rings. The fraction of sp³-hybridized carbons (Fsp3) is 0.769. The van der Waals surface area contributed by atoms with E-state index in [9.17, 15) is 4.79 Å². The quantitative estimate of drug-likeness (QED) is 0.904. The van der Waals surface area contributed by atoms with Gasteiger partial charge in [-0.25, -0.2) is 4.79 Å². The summed E-state index contributed by atoms with van der Waals surface area (Å²) in [6, 6.07) is 0.753. The summed E-state index contributed by atoms with van der Waals surface area (Å²) in [6.07, 6.45) is 3.31. The highest BCUT2D eigenvalue weighted by atomic mass is 32.1. The molecule has 3 rings (SSSR count). The van der Waals surface area contributed by atoms with Crippen molar-refractivity contribution in [1.82, 2.24) is 20.0 Å². The van der Waals surface area contributed by atoms with E-state index in [1.54, 1.807) is 0 Å². The maximum Gasteiger partial charge on any atom is 0.324 e. The first-order valence-electron chi connectivity index (χ1n) is 7.31. The van der Waals surface area contributed by atoms with Gasteiger partial charge in [-0.15, -0.1) is 10.2 Å². The number of carbonyl (C=O) groups is 1. The molecule has 7 heteroatoms. The number of hydrogen-bond donors (Lipinski definition) is 1. The van der Waals surface area contributed by atoms with Crippen molar-refractivity contribution in [3.05, 3.63) is 5.01 Å². The largest absolute Gasteiger partial charge is 0.324 e. The SMILES string of the molecule is CCc1nnc(NC(=O)N2C[C@@H]3CCCN3C[C@H]2C)s1. The zero-order valence-electron chi connectivity index (χ0n) is 12.0. The van der Waals surface area contributed by atoms with Crippen LogP contribution < -0.4 is 5.32 Å². The molecule has 2 atom stereocenters. The van der Waals surface area contributed by atoms with Gasteiger partial charge >= 0.3 is 6.03 Å². The second-order valence-electron chi connectivity index (χ2n) is 5.58. The number of anilines is 1. The van der Waals surface area contributed by atoms with Gasteiger partial charge in [-0.05, 0) is 32.7 Å². The number of rotatable bonds is 2. The van der Waals surface area contributed by atoms with E-state index in [2.05, 4.69) is 27.3 Å². The van der Waals surface area contributed by atoms with Crippen molar-refractivity contribution < 1.29 is 4.79 Å². The number of fused-ring (bicyclic) bond motifs is 1. The molecule has 1 N–H and O–H groups in total. The second-order valence-corrected chi connectivity index (χ2v) is 6.64. The molecule has 0 aromatic carbocycles. The summed E-state index contributed by atoms with van der Waals surface area (Å²) < 4.78 is 0. The maximum absolute atomic E-state index is 12.4. The first kappa shape index (κ1) is 13.8. The van der Waals surface area contributed by atoms with Crippen LogP contribution in [0.1, 0.15) is 31.7 Å². The number of amides is 2. The molecule has 0 aliphatic carbocycles. The van der Waals surface area contributed by atoms with Crippen molar-refractivity contribution in [1.29, 1.82) is 0 Å². The third-order valence-electron chi connectivity index (χ3n) is 4.18. The summed E-state index contributed by atoms with van der Waals surface area (Å²) in [6.45, 7) is 7.14. The van der Waals surface area contributed by atoms with Crippen molar-refractivity contribution in [3.8, 4) is 0 Å². The van der Waals surface area contributed by atoms with Gasteiger partial charge in [-0.3, -0.25) is 10.2 Å². The van der Waals surface area contributed by atoms with E-state index >= 15 is 0 Å². The molecule has 0 unspecified atom stereocenters. The van der Waals surface area contributed by atoms with Crippen LogP contribution in [-0.4, -0.2) is 57.7 Å². The monoisotopic (exact) mass is 295 g/mol. The van der Waals surface area contributed by atoms with Gasteiger partial charge in [0, 0.05) is 25.2 Å². The van der Waals surface area contributed by atoms with E-state index in [0.717, 1.165) is 24.5 Å². The second kappa shape index (κ2) is 5.65. The van der Waals surface area contributed by atoms with Crippen molar-refractivity contribution in [2.24, 2.45) is 0 Å². The molecule has 20 heavy (non-hydrogen) atoms. The minimum Gasteiger partial charge on any atom is -0.319 e. The minimum atomic E-state index is -0.0390. The molecule has 0 radical (unpaired) electrons. The number of aryl methyl sites for hydroxylation is 1. The molecule has 2 amide bonds. The number of urea groups is 1. The highest BCUT2D eigenvalue weighted by molar-refractivity contribution is 7.15. The van der Waals surface area contributed by atoms with Crippen LogP contribution in [0, 0.1) is 0 Å². The summed E-state index contributed by atoms with van der Waals surface area (Å²) in [5, 5.41) is 12.5. The molecule has 1 aromatic rings. The Morgan fingerprint density at radius 2 is 2.30 bits per heavy atom. The van der Waals surface area contributed by atoms with Crippen molar-refractivity contribution in [2.75, 3.05) is 25.0 Å². The van der Waals surface area contributed by atoms with Crippen LogP contribution >= 0.6 is 11.3 Å². The maximum atomic E-state index is 12.4. The Hall–Kier alpha value is -1.21. The summed E-state index contributed by atoms with van der Waals surface area (Å²) in [7, 11) is 0. The van der Waals surface area contributed by atoms with Crippen LogP contribution in [0.25, 0.3) is 0 Å². The molecule has 1 aromatic heterocycles. The van der Waals surface area contributed by atoms with E-state index in [1.807, 2.05) is 11.8 Å². The highest BCUT2D eigenvalue weighted by Crippen LogP contribution is 2.25. The fourth-order valence-corrected chi connectivity index (χ4v) is 3.75. The Morgan fingerprint density at radius 3 is 3.05 bits per heavy atom. The lowest BCUT2D eigenvalue weighted by Gasteiger charge is -2.41. The molecule has 2 saturated heterocycles. The average molecular weight is 295 g/mol. The molecule has 6 nitrogen and oxygen atoms in total. The van der Waals surface area contributed by atoms with Crippen LogP contribution in [-0.2, 0) is 6.42 Å². The minimum absolute atomic E-state index is 0.0390. The summed E-state index contributed by atoms with van der Waals surface area (Å²) >= 11 is 1.45. The average Bonchev–Trinajstić information content (AvgIpc) is 3.05. The Morgan fingerprint density at radius 1 is 1.45 bits per heavy atom. The van der Waals surface area contributed by atoms with Crippen molar-refractivity contribution in [3.63, 3.8) is 0 Å². The normalized spacial score (nSPS) is 26.6. The smallest absolute Gasteiger partial charge is 0.319 e. The lowest BCUT2D eigenvalue weighted by atomic mass is 10.1. The number of aromatic nitrogens is 2. The molecular weight excluding hydrogens is 274 g/mol. The number of carbonyl (C=O) groups excluding carboxylic acids is 1. The first-order valence-corrected chi connectivity index (χ1v) is 8.13. The van der Waals surface area contributed by atoms with E-state index in [4.69, 9.17) is 0 Å². The fourth-order valence-electron chi connectivity index (χ4n) is 3.08. The highest BCUT2D eigenvalue weighted by Gasteiger charge is 2.36. The molecular formula is C13H21N5OS. The summed E-state index contributed by atoms with van der Waals surface area (Å²) in [5.74, 6) is 0. The first-order chi connectivity index (χ1) is 9.67. The van der Waals surface area contributed by atoms with Gasteiger partial charge in [0.1, 0.15) is 5.01 Å². The molecule has 2 aliphatic rings. The van der Waals surface area contributed by atoms with Crippen molar-refractivity contribution in [2.45, 2.75) is 45.2 Å². The van der Waals surface area contributed by atoms with E-state index in [0.29, 0.717) is 11.2 Å². The van der Waals surface area contributed by atoms with Crippen LogP contribution in [0.15, 0.2) is 0 Å². The predicted octanol–water partition coefficient (Wildman–Crippen LogP) is 1.80. The topological polar surface area (TPSA) is 61.4 Å². The van der Waals surface area contributed by atoms with Gasteiger partial charge in [0.15, 0.2) is 0 Å². The van der Waals surface area contributed by atoms with Gasteiger partial charge in [0.05, 0.1) is 0 Å². The Balaban J connectivity index is 1.64. The number of hydrogen-bond acceptors (Lipinski definition) is 5. The number of nitrogens with zero attached hydrogens (tertiary/aromatic N) is 4. The molecule has 2 aliphatic heterocycles. The number of nitrogens with one attached hydrogen (secondary N) is 1. The summed E-state index contributed by atoms with van der Waals surface area (Å²) in [5.41, 5.74) is 0. The lowest BCUT2D eigenvalue weighted by Crippen LogP contribution is -2.57. The number of piperazine rings is 1. The van der Waals surface area contributed by atoms with Crippen LogP contribution in [0.3, 0.4) is 0 Å². The molecule has 110 valence electrons. The Labute approximate surface area is 123 Å². The summed E-state index contributed by atoms with van der Waals surface area (Å²) in [4.78, 5) is 16.9. The van der Waals surface area contributed by atoms with Crippen molar-refractivity contribution >= 4 is 22.5 Å². The predicted molar refractivity (Wildman–Crippen MR) is 79.1 cm³/mol. The van der Waals surface area contributed by atoms with Gasteiger partial charge in [-0.2, -0.15) is 0 Å². The molecule has 3 heterocycles. The third-order valence-corrected chi connectivity index (χ3v) is 5.16.